The van der Waals surface area contributed by atoms with Gasteiger partial charge in [0.15, 0.2) is 5.78 Å². The van der Waals surface area contributed by atoms with E-state index >= 15 is 0 Å². The van der Waals surface area contributed by atoms with Crippen molar-refractivity contribution in [1.29, 1.82) is 0 Å². The molecule has 0 aliphatic rings. The van der Waals surface area contributed by atoms with Gasteiger partial charge in [-0.05, 0) is 45.4 Å². The van der Waals surface area contributed by atoms with Gasteiger partial charge in [-0.25, -0.2) is 0 Å². The van der Waals surface area contributed by atoms with Crippen molar-refractivity contribution in [2.45, 2.75) is 53.2 Å². The molecule has 3 nitrogen and oxygen atoms in total. The van der Waals surface area contributed by atoms with Gasteiger partial charge in [0.1, 0.15) is 5.75 Å². The predicted octanol–water partition coefficient (Wildman–Crippen LogP) is 3.99. The van der Waals surface area contributed by atoms with Gasteiger partial charge in [-0.15, -0.1) is 0 Å². The summed E-state index contributed by atoms with van der Waals surface area (Å²) in [6, 6.07) is 5.52. The summed E-state index contributed by atoms with van der Waals surface area (Å²) >= 11 is 0. The molecule has 0 aliphatic heterocycles. The number of ketones is 1. The molecule has 0 aliphatic carbocycles. The van der Waals surface area contributed by atoms with Crippen LogP contribution in [-0.2, 0) is 11.3 Å². The first-order valence-corrected chi connectivity index (χ1v) is 6.96. The lowest BCUT2D eigenvalue weighted by atomic mass is 10.1. The molecular weight excluding hydrogens is 240 g/mol. The Morgan fingerprint density at radius 2 is 2.05 bits per heavy atom. The second-order valence-corrected chi connectivity index (χ2v) is 4.72. The van der Waals surface area contributed by atoms with Gasteiger partial charge in [-0.3, -0.25) is 4.79 Å². The molecule has 0 heterocycles. The molecule has 1 unspecified atom stereocenters. The van der Waals surface area contributed by atoms with Crippen LogP contribution in [0.3, 0.4) is 0 Å². The number of benzene rings is 1. The molecule has 0 amide bonds. The molecule has 0 N–H and O–H groups in total. The van der Waals surface area contributed by atoms with Gasteiger partial charge in [0.05, 0.1) is 19.3 Å². The highest BCUT2D eigenvalue weighted by Crippen LogP contribution is 2.22. The fourth-order valence-electron chi connectivity index (χ4n) is 1.93. The number of carbonyl (C=O) groups is 1. The summed E-state index contributed by atoms with van der Waals surface area (Å²) in [5.74, 6) is 0.863. The summed E-state index contributed by atoms with van der Waals surface area (Å²) in [7, 11) is 0. The molecule has 0 saturated heterocycles. The number of ether oxygens (including phenoxy) is 2. The quantitative estimate of drug-likeness (QED) is 0.666. The Bertz CT molecular complexity index is 412. The van der Waals surface area contributed by atoms with Gasteiger partial charge < -0.3 is 9.47 Å². The zero-order valence-corrected chi connectivity index (χ0v) is 12.4. The topological polar surface area (TPSA) is 35.5 Å². The van der Waals surface area contributed by atoms with E-state index in [2.05, 4.69) is 13.8 Å². The van der Waals surface area contributed by atoms with Crippen molar-refractivity contribution in [2.24, 2.45) is 0 Å². The molecule has 0 saturated carbocycles. The number of hydrogen-bond acceptors (Lipinski definition) is 3. The SMILES string of the molecule is CCCC(C)OCc1cc(C(C)=O)ccc1OCC. The van der Waals surface area contributed by atoms with Crippen LogP contribution in [-0.4, -0.2) is 18.5 Å². The van der Waals surface area contributed by atoms with Crippen molar-refractivity contribution < 1.29 is 14.3 Å². The van der Waals surface area contributed by atoms with E-state index in [9.17, 15) is 4.79 Å². The third-order valence-electron chi connectivity index (χ3n) is 2.99. The molecular formula is C16H24O3. The molecule has 0 spiro atoms. The van der Waals surface area contributed by atoms with Crippen molar-refractivity contribution in [3.8, 4) is 5.75 Å². The van der Waals surface area contributed by atoms with Crippen LogP contribution >= 0.6 is 0 Å². The van der Waals surface area contributed by atoms with E-state index in [1.165, 1.54) is 0 Å². The van der Waals surface area contributed by atoms with E-state index in [1.807, 2.05) is 19.1 Å². The maximum absolute atomic E-state index is 11.4. The fourth-order valence-corrected chi connectivity index (χ4v) is 1.93. The van der Waals surface area contributed by atoms with E-state index in [0.717, 1.165) is 24.2 Å². The van der Waals surface area contributed by atoms with E-state index in [-0.39, 0.29) is 11.9 Å². The first-order chi connectivity index (χ1) is 9.08. The number of rotatable bonds is 8. The van der Waals surface area contributed by atoms with Crippen LogP contribution < -0.4 is 4.74 Å². The van der Waals surface area contributed by atoms with Crippen LogP contribution in [0, 0.1) is 0 Å². The average molecular weight is 264 g/mol. The highest BCUT2D eigenvalue weighted by Gasteiger charge is 2.09. The highest BCUT2D eigenvalue weighted by atomic mass is 16.5. The number of Topliss-reactive ketones (excluding diaryl/α,β-unsaturated/α-hetero) is 1. The zero-order chi connectivity index (χ0) is 14.3. The van der Waals surface area contributed by atoms with Crippen LogP contribution in [0.4, 0.5) is 0 Å². The van der Waals surface area contributed by atoms with Crippen LogP contribution in [0.15, 0.2) is 18.2 Å². The lowest BCUT2D eigenvalue weighted by molar-refractivity contribution is 0.0458. The Hall–Kier alpha value is -1.35. The smallest absolute Gasteiger partial charge is 0.159 e. The molecule has 19 heavy (non-hydrogen) atoms. The molecule has 0 aromatic heterocycles. The van der Waals surface area contributed by atoms with Gasteiger partial charge >= 0.3 is 0 Å². The van der Waals surface area contributed by atoms with Crippen molar-refractivity contribution >= 4 is 5.78 Å². The Morgan fingerprint density at radius 1 is 1.32 bits per heavy atom. The van der Waals surface area contributed by atoms with Crippen LogP contribution in [0.5, 0.6) is 5.75 Å². The van der Waals surface area contributed by atoms with Crippen LogP contribution in [0.2, 0.25) is 0 Å². The number of hydrogen-bond donors (Lipinski definition) is 0. The minimum absolute atomic E-state index is 0.0610. The minimum atomic E-state index is 0.0610. The Labute approximate surface area is 115 Å². The maximum Gasteiger partial charge on any atom is 0.159 e. The van der Waals surface area contributed by atoms with Crippen molar-refractivity contribution in [1.82, 2.24) is 0 Å². The predicted molar refractivity (Wildman–Crippen MR) is 76.8 cm³/mol. The third-order valence-corrected chi connectivity index (χ3v) is 2.99. The Balaban J connectivity index is 2.81. The van der Waals surface area contributed by atoms with Crippen molar-refractivity contribution in [3.05, 3.63) is 29.3 Å². The maximum atomic E-state index is 11.4. The van der Waals surface area contributed by atoms with Crippen molar-refractivity contribution in [3.63, 3.8) is 0 Å². The van der Waals surface area contributed by atoms with E-state index < -0.39 is 0 Å². The molecule has 106 valence electrons. The van der Waals surface area contributed by atoms with Crippen LogP contribution in [0.1, 0.15) is 56.5 Å². The molecule has 0 radical (unpaired) electrons. The van der Waals surface area contributed by atoms with Crippen molar-refractivity contribution in [2.75, 3.05) is 6.61 Å². The van der Waals surface area contributed by atoms with Gasteiger partial charge in [0.25, 0.3) is 0 Å². The van der Waals surface area contributed by atoms with Gasteiger partial charge in [-0.1, -0.05) is 13.3 Å². The molecule has 3 heteroatoms. The van der Waals surface area contributed by atoms with Gasteiger partial charge in [0.2, 0.25) is 0 Å². The van der Waals surface area contributed by atoms with Crippen LogP contribution in [0.25, 0.3) is 0 Å². The van der Waals surface area contributed by atoms with Gasteiger partial charge in [0, 0.05) is 11.1 Å². The highest BCUT2D eigenvalue weighted by molar-refractivity contribution is 5.94. The van der Waals surface area contributed by atoms with E-state index in [1.54, 1.807) is 13.0 Å². The third kappa shape index (κ3) is 5.03. The minimum Gasteiger partial charge on any atom is -0.494 e. The Morgan fingerprint density at radius 3 is 2.63 bits per heavy atom. The molecule has 1 aromatic carbocycles. The summed E-state index contributed by atoms with van der Waals surface area (Å²) in [5.41, 5.74) is 1.64. The second kappa shape index (κ2) is 7.95. The second-order valence-electron chi connectivity index (χ2n) is 4.72. The summed E-state index contributed by atoms with van der Waals surface area (Å²) in [6.45, 7) is 8.82. The fraction of sp³-hybridized carbons (Fsp3) is 0.562. The monoisotopic (exact) mass is 264 g/mol. The van der Waals surface area contributed by atoms with E-state index in [4.69, 9.17) is 9.47 Å². The van der Waals surface area contributed by atoms with Gasteiger partial charge in [-0.2, -0.15) is 0 Å². The molecule has 0 fully saturated rings. The normalized spacial score (nSPS) is 12.2. The average Bonchev–Trinajstić information content (AvgIpc) is 2.38. The first-order valence-electron chi connectivity index (χ1n) is 6.96. The first kappa shape index (κ1) is 15.7. The number of carbonyl (C=O) groups excluding carboxylic acids is 1. The summed E-state index contributed by atoms with van der Waals surface area (Å²) in [6.07, 6.45) is 2.36. The Kier molecular flexibility index (Phi) is 6.57. The van der Waals surface area contributed by atoms with E-state index in [0.29, 0.717) is 18.8 Å². The molecule has 0 bridgehead atoms. The lowest BCUT2D eigenvalue weighted by Gasteiger charge is -2.15. The largest absolute Gasteiger partial charge is 0.494 e. The summed E-state index contributed by atoms with van der Waals surface area (Å²) in [4.78, 5) is 11.4. The summed E-state index contributed by atoms with van der Waals surface area (Å²) < 4.78 is 11.4. The molecule has 1 aromatic rings. The zero-order valence-electron chi connectivity index (χ0n) is 12.4. The summed E-state index contributed by atoms with van der Waals surface area (Å²) in [5, 5.41) is 0. The standard InChI is InChI=1S/C16H24O3/c1-5-7-12(3)19-11-15-10-14(13(4)17)8-9-16(15)18-6-2/h8-10,12H,5-7,11H2,1-4H3. The lowest BCUT2D eigenvalue weighted by Crippen LogP contribution is -2.09. The molecule has 1 atom stereocenters. The molecule has 1 rings (SSSR count).